The molecule has 1 aromatic carbocycles. The van der Waals surface area contributed by atoms with Crippen molar-refractivity contribution in [3.63, 3.8) is 0 Å². The van der Waals surface area contributed by atoms with Gasteiger partial charge in [-0.05, 0) is 44.7 Å². The molecule has 0 saturated heterocycles. The van der Waals surface area contributed by atoms with Crippen molar-refractivity contribution in [3.05, 3.63) is 46.3 Å². The second-order valence-corrected chi connectivity index (χ2v) is 5.88. The van der Waals surface area contributed by atoms with E-state index in [9.17, 15) is 10.1 Å². The van der Waals surface area contributed by atoms with Crippen LogP contribution in [0.2, 0.25) is 0 Å². The first-order chi connectivity index (χ1) is 11.6. The predicted octanol–water partition coefficient (Wildman–Crippen LogP) is 4.20. The van der Waals surface area contributed by atoms with E-state index < -0.39 is 4.92 Å². The molecule has 1 heterocycles. The van der Waals surface area contributed by atoms with Crippen molar-refractivity contribution in [2.24, 2.45) is 0 Å². The second kappa shape index (κ2) is 7.25. The minimum Gasteiger partial charge on any atom is -0.469 e. The zero-order valence-corrected chi connectivity index (χ0v) is 13.5. The molecular weight excluding hydrogens is 310 g/mol. The molecule has 126 valence electrons. The molecule has 24 heavy (non-hydrogen) atoms. The molecule has 1 fully saturated rings. The SMILES string of the molecule is Cc1ccc(Oc2ncnc(OC3CCCCC3)c2[N+](=O)[O-])cc1. The Morgan fingerprint density at radius 1 is 1.08 bits per heavy atom. The summed E-state index contributed by atoms with van der Waals surface area (Å²) in [5.74, 6) is 0.347. The van der Waals surface area contributed by atoms with Gasteiger partial charge in [-0.15, -0.1) is 0 Å². The fourth-order valence-electron chi connectivity index (χ4n) is 2.72. The first-order valence-corrected chi connectivity index (χ1v) is 8.04. The summed E-state index contributed by atoms with van der Waals surface area (Å²) in [5, 5.41) is 11.5. The highest BCUT2D eigenvalue weighted by atomic mass is 16.6. The van der Waals surface area contributed by atoms with E-state index in [4.69, 9.17) is 9.47 Å². The molecule has 0 aliphatic heterocycles. The molecule has 1 saturated carbocycles. The van der Waals surface area contributed by atoms with Gasteiger partial charge in [0.25, 0.3) is 0 Å². The van der Waals surface area contributed by atoms with Crippen molar-refractivity contribution in [1.29, 1.82) is 0 Å². The lowest BCUT2D eigenvalue weighted by molar-refractivity contribution is -0.387. The van der Waals surface area contributed by atoms with Gasteiger partial charge in [-0.25, -0.2) is 0 Å². The summed E-state index contributed by atoms with van der Waals surface area (Å²) in [6.45, 7) is 1.95. The largest absolute Gasteiger partial charge is 0.469 e. The standard InChI is InChI=1S/C17H19N3O4/c1-12-7-9-14(10-8-12)24-17-15(20(21)22)16(18-11-19-17)23-13-5-3-2-4-6-13/h7-11,13H,2-6H2,1H3. The van der Waals surface area contributed by atoms with Crippen LogP contribution in [-0.2, 0) is 0 Å². The van der Waals surface area contributed by atoms with Crippen molar-refractivity contribution >= 4 is 5.69 Å². The van der Waals surface area contributed by atoms with E-state index in [0.29, 0.717) is 5.75 Å². The van der Waals surface area contributed by atoms with E-state index >= 15 is 0 Å². The monoisotopic (exact) mass is 329 g/mol. The number of aryl methyl sites for hydroxylation is 1. The normalized spacial score (nSPS) is 15.0. The van der Waals surface area contributed by atoms with E-state index in [2.05, 4.69) is 9.97 Å². The maximum absolute atomic E-state index is 11.5. The lowest BCUT2D eigenvalue weighted by Gasteiger charge is -2.22. The fraction of sp³-hybridized carbons (Fsp3) is 0.412. The van der Waals surface area contributed by atoms with E-state index in [-0.39, 0.29) is 23.6 Å². The van der Waals surface area contributed by atoms with Crippen molar-refractivity contribution in [1.82, 2.24) is 9.97 Å². The number of hydrogen-bond donors (Lipinski definition) is 0. The van der Waals surface area contributed by atoms with Crippen LogP contribution in [0.3, 0.4) is 0 Å². The molecule has 0 amide bonds. The zero-order valence-electron chi connectivity index (χ0n) is 13.5. The summed E-state index contributed by atoms with van der Waals surface area (Å²) in [4.78, 5) is 18.8. The Kier molecular flexibility index (Phi) is 4.88. The van der Waals surface area contributed by atoms with Crippen LogP contribution >= 0.6 is 0 Å². The van der Waals surface area contributed by atoms with E-state index in [1.807, 2.05) is 19.1 Å². The summed E-state index contributed by atoms with van der Waals surface area (Å²) in [6.07, 6.45) is 6.26. The van der Waals surface area contributed by atoms with Crippen LogP contribution in [0.4, 0.5) is 5.69 Å². The molecule has 0 N–H and O–H groups in total. The Labute approximate surface area is 139 Å². The van der Waals surface area contributed by atoms with Gasteiger partial charge in [0.2, 0.25) is 0 Å². The number of aromatic nitrogens is 2. The van der Waals surface area contributed by atoms with Gasteiger partial charge < -0.3 is 9.47 Å². The van der Waals surface area contributed by atoms with Gasteiger partial charge in [0.15, 0.2) is 0 Å². The Bertz CT molecular complexity index is 712. The molecule has 0 bridgehead atoms. The van der Waals surface area contributed by atoms with Gasteiger partial charge in [0.05, 0.1) is 4.92 Å². The first-order valence-electron chi connectivity index (χ1n) is 8.04. The number of ether oxygens (including phenoxy) is 2. The van der Waals surface area contributed by atoms with Gasteiger partial charge in [-0.1, -0.05) is 24.1 Å². The lowest BCUT2D eigenvalue weighted by Crippen LogP contribution is -2.21. The Hall–Kier alpha value is -2.70. The molecule has 0 spiro atoms. The van der Waals surface area contributed by atoms with Crippen LogP contribution in [0.5, 0.6) is 17.5 Å². The molecular formula is C17H19N3O4. The van der Waals surface area contributed by atoms with Gasteiger partial charge >= 0.3 is 17.4 Å². The average molecular weight is 329 g/mol. The minimum atomic E-state index is -0.554. The van der Waals surface area contributed by atoms with Crippen LogP contribution < -0.4 is 9.47 Å². The van der Waals surface area contributed by atoms with Gasteiger partial charge in [-0.2, -0.15) is 9.97 Å². The highest BCUT2D eigenvalue weighted by molar-refractivity contribution is 5.50. The molecule has 0 unspecified atom stereocenters. The Morgan fingerprint density at radius 3 is 2.42 bits per heavy atom. The van der Waals surface area contributed by atoms with Crippen molar-refractivity contribution in [2.75, 3.05) is 0 Å². The van der Waals surface area contributed by atoms with Gasteiger partial charge in [0.1, 0.15) is 18.2 Å². The van der Waals surface area contributed by atoms with Gasteiger partial charge in [-0.3, -0.25) is 10.1 Å². The second-order valence-electron chi connectivity index (χ2n) is 5.88. The first kappa shape index (κ1) is 16.2. The summed E-state index contributed by atoms with van der Waals surface area (Å²) in [5.41, 5.74) is 0.740. The summed E-state index contributed by atoms with van der Waals surface area (Å²) < 4.78 is 11.4. The molecule has 0 radical (unpaired) electrons. The fourth-order valence-corrected chi connectivity index (χ4v) is 2.72. The molecule has 1 aliphatic carbocycles. The summed E-state index contributed by atoms with van der Waals surface area (Å²) in [6, 6.07) is 7.20. The molecule has 7 heteroatoms. The molecule has 1 aromatic heterocycles. The third-order valence-electron chi connectivity index (χ3n) is 4.00. The van der Waals surface area contributed by atoms with Crippen molar-refractivity contribution in [3.8, 4) is 17.5 Å². The van der Waals surface area contributed by atoms with E-state index in [1.54, 1.807) is 12.1 Å². The molecule has 2 aromatic rings. The smallest absolute Gasteiger partial charge is 0.392 e. The lowest BCUT2D eigenvalue weighted by atomic mass is 9.98. The topological polar surface area (TPSA) is 87.4 Å². The maximum atomic E-state index is 11.5. The Morgan fingerprint density at radius 2 is 1.75 bits per heavy atom. The number of nitrogens with zero attached hydrogens (tertiary/aromatic N) is 3. The van der Waals surface area contributed by atoms with Crippen LogP contribution in [0.25, 0.3) is 0 Å². The van der Waals surface area contributed by atoms with Crippen LogP contribution in [-0.4, -0.2) is 21.0 Å². The van der Waals surface area contributed by atoms with E-state index in [0.717, 1.165) is 31.2 Å². The van der Waals surface area contributed by atoms with Crippen LogP contribution in [0, 0.1) is 17.0 Å². The molecule has 7 nitrogen and oxygen atoms in total. The van der Waals surface area contributed by atoms with Crippen LogP contribution in [0.1, 0.15) is 37.7 Å². The third-order valence-corrected chi connectivity index (χ3v) is 4.00. The number of benzene rings is 1. The minimum absolute atomic E-state index is 0.0241. The third kappa shape index (κ3) is 3.79. The highest BCUT2D eigenvalue weighted by Gasteiger charge is 2.29. The van der Waals surface area contributed by atoms with Gasteiger partial charge in [0, 0.05) is 0 Å². The van der Waals surface area contributed by atoms with Crippen molar-refractivity contribution < 1.29 is 14.4 Å². The Balaban J connectivity index is 1.86. The number of nitro groups is 1. The number of rotatable bonds is 5. The molecule has 3 rings (SSSR count). The quantitative estimate of drug-likeness (QED) is 0.603. The predicted molar refractivity (Wildman–Crippen MR) is 87.4 cm³/mol. The number of hydrogen-bond acceptors (Lipinski definition) is 6. The average Bonchev–Trinajstić information content (AvgIpc) is 2.58. The van der Waals surface area contributed by atoms with Crippen molar-refractivity contribution in [2.45, 2.75) is 45.1 Å². The summed E-state index contributed by atoms with van der Waals surface area (Å²) in [7, 11) is 0. The molecule has 0 atom stereocenters. The molecule has 1 aliphatic rings. The maximum Gasteiger partial charge on any atom is 0.392 e. The summed E-state index contributed by atoms with van der Waals surface area (Å²) >= 11 is 0. The highest BCUT2D eigenvalue weighted by Crippen LogP contribution is 2.37. The van der Waals surface area contributed by atoms with E-state index in [1.165, 1.54) is 12.7 Å². The zero-order chi connectivity index (χ0) is 16.9. The van der Waals surface area contributed by atoms with Crippen LogP contribution in [0.15, 0.2) is 30.6 Å².